The van der Waals surface area contributed by atoms with E-state index in [1.807, 2.05) is 13.8 Å². The lowest BCUT2D eigenvalue weighted by atomic mass is 10.0. The molecule has 15 heavy (non-hydrogen) atoms. The first-order valence-corrected chi connectivity index (χ1v) is 4.76. The fourth-order valence-corrected chi connectivity index (χ4v) is 1.62. The maximum atomic E-state index is 11.4. The second kappa shape index (κ2) is 4.44. The Bertz CT molecular complexity index is 393. The van der Waals surface area contributed by atoms with Gasteiger partial charge in [-0.2, -0.15) is 0 Å². The van der Waals surface area contributed by atoms with E-state index in [9.17, 15) is 4.79 Å². The number of anilines is 1. The van der Waals surface area contributed by atoms with Crippen molar-refractivity contribution in [1.82, 2.24) is 9.97 Å². The first-order chi connectivity index (χ1) is 6.97. The van der Waals surface area contributed by atoms with Gasteiger partial charge < -0.3 is 10.5 Å². The highest BCUT2D eigenvalue weighted by Gasteiger charge is 2.21. The second-order valence-corrected chi connectivity index (χ2v) is 3.64. The Morgan fingerprint density at radius 1 is 1.47 bits per heavy atom. The van der Waals surface area contributed by atoms with Crippen molar-refractivity contribution < 1.29 is 9.53 Å². The Labute approximate surface area is 92.6 Å². The molecule has 0 aliphatic carbocycles. The van der Waals surface area contributed by atoms with Crippen LogP contribution in [0.15, 0.2) is 0 Å². The van der Waals surface area contributed by atoms with Crippen LogP contribution >= 0.6 is 11.6 Å². The largest absolute Gasteiger partial charge is 0.464 e. The quantitative estimate of drug-likeness (QED) is 0.616. The number of ether oxygens (including phenoxy) is 1. The van der Waals surface area contributed by atoms with Crippen LogP contribution in [0.1, 0.15) is 35.8 Å². The molecule has 82 valence electrons. The van der Waals surface area contributed by atoms with Crippen LogP contribution in [0.2, 0.25) is 5.15 Å². The first-order valence-electron chi connectivity index (χ1n) is 4.38. The van der Waals surface area contributed by atoms with Crippen LogP contribution in [0.3, 0.4) is 0 Å². The topological polar surface area (TPSA) is 78.1 Å². The number of rotatable bonds is 2. The molecule has 2 N–H and O–H groups in total. The van der Waals surface area contributed by atoms with Crippen molar-refractivity contribution in [1.29, 1.82) is 0 Å². The maximum absolute atomic E-state index is 11.4. The van der Waals surface area contributed by atoms with Gasteiger partial charge in [-0.3, -0.25) is 0 Å². The van der Waals surface area contributed by atoms with Crippen LogP contribution < -0.4 is 5.73 Å². The summed E-state index contributed by atoms with van der Waals surface area (Å²) in [6.07, 6.45) is 0. The highest BCUT2D eigenvalue weighted by molar-refractivity contribution is 6.30. The molecule has 1 rings (SSSR count). The van der Waals surface area contributed by atoms with Gasteiger partial charge in [0.1, 0.15) is 5.15 Å². The van der Waals surface area contributed by atoms with Crippen LogP contribution in [0.25, 0.3) is 0 Å². The Balaban J connectivity index is 3.40. The molecule has 5 nitrogen and oxygen atoms in total. The summed E-state index contributed by atoms with van der Waals surface area (Å²) >= 11 is 5.89. The summed E-state index contributed by atoms with van der Waals surface area (Å²) in [6, 6.07) is 0. The minimum Gasteiger partial charge on any atom is -0.464 e. The number of hydrogen-bond donors (Lipinski definition) is 1. The smallest absolute Gasteiger partial charge is 0.357 e. The van der Waals surface area contributed by atoms with E-state index < -0.39 is 5.97 Å². The van der Waals surface area contributed by atoms with Crippen LogP contribution in [0.4, 0.5) is 5.95 Å². The van der Waals surface area contributed by atoms with E-state index in [1.54, 1.807) is 0 Å². The number of nitrogen functional groups attached to an aromatic ring is 1. The summed E-state index contributed by atoms with van der Waals surface area (Å²) in [4.78, 5) is 19.0. The summed E-state index contributed by atoms with van der Waals surface area (Å²) in [5.41, 5.74) is 6.09. The lowest BCUT2D eigenvalue weighted by Gasteiger charge is -2.11. The molecular formula is C9H12ClN3O2. The summed E-state index contributed by atoms with van der Waals surface area (Å²) in [7, 11) is 1.28. The van der Waals surface area contributed by atoms with Crippen molar-refractivity contribution in [2.24, 2.45) is 0 Å². The molecule has 1 aromatic rings. The summed E-state index contributed by atoms with van der Waals surface area (Å²) in [6.45, 7) is 3.76. The standard InChI is InChI=1S/C9H12ClN3O2/c1-4(2)5-6(8(14)15-3)12-9(11)13-7(5)10/h4H,1-3H3,(H2,11,12,13). The molecule has 0 fully saturated rings. The molecule has 0 amide bonds. The fourth-order valence-electron chi connectivity index (χ4n) is 1.22. The molecule has 0 saturated heterocycles. The van der Waals surface area contributed by atoms with Gasteiger partial charge in [-0.05, 0) is 5.92 Å². The fraction of sp³-hybridized carbons (Fsp3) is 0.444. The van der Waals surface area contributed by atoms with E-state index in [0.29, 0.717) is 5.56 Å². The van der Waals surface area contributed by atoms with Gasteiger partial charge in [0, 0.05) is 5.56 Å². The van der Waals surface area contributed by atoms with E-state index in [-0.39, 0.29) is 22.7 Å². The van der Waals surface area contributed by atoms with Crippen molar-refractivity contribution in [3.05, 3.63) is 16.4 Å². The molecule has 6 heteroatoms. The lowest BCUT2D eigenvalue weighted by molar-refractivity contribution is 0.0592. The molecule has 0 aromatic carbocycles. The van der Waals surface area contributed by atoms with E-state index in [1.165, 1.54) is 7.11 Å². The number of halogens is 1. The van der Waals surface area contributed by atoms with Gasteiger partial charge in [-0.15, -0.1) is 0 Å². The lowest BCUT2D eigenvalue weighted by Crippen LogP contribution is -2.13. The van der Waals surface area contributed by atoms with E-state index in [2.05, 4.69) is 14.7 Å². The molecule has 0 saturated carbocycles. The molecule has 0 bridgehead atoms. The molecule has 1 aromatic heterocycles. The predicted molar refractivity (Wildman–Crippen MR) is 56.9 cm³/mol. The van der Waals surface area contributed by atoms with Gasteiger partial charge in [-0.25, -0.2) is 14.8 Å². The molecule has 0 aliphatic heterocycles. The number of aromatic nitrogens is 2. The van der Waals surface area contributed by atoms with Crippen molar-refractivity contribution in [3.8, 4) is 0 Å². The summed E-state index contributed by atoms with van der Waals surface area (Å²) in [5.74, 6) is -0.577. The van der Waals surface area contributed by atoms with Crippen LogP contribution in [0, 0.1) is 0 Å². The maximum Gasteiger partial charge on any atom is 0.357 e. The van der Waals surface area contributed by atoms with Gasteiger partial charge in [0.15, 0.2) is 5.69 Å². The van der Waals surface area contributed by atoms with E-state index in [0.717, 1.165) is 0 Å². The van der Waals surface area contributed by atoms with Gasteiger partial charge in [-0.1, -0.05) is 25.4 Å². The SMILES string of the molecule is COC(=O)c1nc(N)nc(Cl)c1C(C)C. The second-order valence-electron chi connectivity index (χ2n) is 3.28. The van der Waals surface area contributed by atoms with Crippen molar-refractivity contribution >= 4 is 23.5 Å². The minimum atomic E-state index is -0.560. The minimum absolute atomic E-state index is 0.0206. The third-order valence-electron chi connectivity index (χ3n) is 1.87. The van der Waals surface area contributed by atoms with Crippen molar-refractivity contribution in [2.75, 3.05) is 12.8 Å². The molecule has 1 heterocycles. The van der Waals surface area contributed by atoms with Crippen LogP contribution in [-0.4, -0.2) is 23.0 Å². The molecule has 0 spiro atoms. The number of nitrogens with two attached hydrogens (primary N) is 1. The van der Waals surface area contributed by atoms with Crippen LogP contribution in [0.5, 0.6) is 0 Å². The number of carbonyl (C=O) groups is 1. The van der Waals surface area contributed by atoms with Crippen molar-refractivity contribution in [3.63, 3.8) is 0 Å². The van der Waals surface area contributed by atoms with Gasteiger partial charge in [0.25, 0.3) is 0 Å². The van der Waals surface area contributed by atoms with Gasteiger partial charge in [0.2, 0.25) is 5.95 Å². The highest BCUT2D eigenvalue weighted by Crippen LogP contribution is 2.26. The molecular weight excluding hydrogens is 218 g/mol. The monoisotopic (exact) mass is 229 g/mol. The van der Waals surface area contributed by atoms with Crippen molar-refractivity contribution in [2.45, 2.75) is 19.8 Å². The Hall–Kier alpha value is -1.36. The number of methoxy groups -OCH3 is 1. The third kappa shape index (κ3) is 2.36. The molecule has 0 atom stereocenters. The third-order valence-corrected chi connectivity index (χ3v) is 2.16. The zero-order chi connectivity index (χ0) is 11.6. The Morgan fingerprint density at radius 2 is 2.07 bits per heavy atom. The summed E-state index contributed by atoms with van der Waals surface area (Å²) in [5, 5.41) is 0.193. The Morgan fingerprint density at radius 3 is 2.53 bits per heavy atom. The zero-order valence-electron chi connectivity index (χ0n) is 8.74. The molecule has 0 aliphatic rings. The van der Waals surface area contributed by atoms with Gasteiger partial charge >= 0.3 is 5.97 Å². The van der Waals surface area contributed by atoms with E-state index in [4.69, 9.17) is 17.3 Å². The number of esters is 1. The zero-order valence-corrected chi connectivity index (χ0v) is 9.50. The summed E-state index contributed by atoms with van der Waals surface area (Å²) < 4.78 is 4.59. The molecule has 0 radical (unpaired) electrons. The molecule has 0 unspecified atom stereocenters. The highest BCUT2D eigenvalue weighted by atomic mass is 35.5. The van der Waals surface area contributed by atoms with Crippen LogP contribution in [-0.2, 0) is 4.74 Å². The average Bonchev–Trinajstić information content (AvgIpc) is 2.14. The normalized spacial score (nSPS) is 10.5. The van der Waals surface area contributed by atoms with E-state index >= 15 is 0 Å². The number of hydrogen-bond acceptors (Lipinski definition) is 5. The number of nitrogens with zero attached hydrogens (tertiary/aromatic N) is 2. The Kier molecular flexibility index (Phi) is 3.47. The predicted octanol–water partition coefficient (Wildman–Crippen LogP) is 1.62. The van der Waals surface area contributed by atoms with Gasteiger partial charge in [0.05, 0.1) is 7.11 Å². The average molecular weight is 230 g/mol. The first kappa shape index (κ1) is 11.7. The number of carbonyl (C=O) groups excluding carboxylic acids is 1.